The molecule has 0 atom stereocenters. The van der Waals surface area contributed by atoms with Crippen LogP contribution < -0.4 is 15.0 Å². The van der Waals surface area contributed by atoms with Gasteiger partial charge in [-0.2, -0.15) is 0 Å². The Morgan fingerprint density at radius 3 is 2.54 bits per heavy atom. The van der Waals surface area contributed by atoms with Crippen molar-refractivity contribution in [1.29, 1.82) is 0 Å². The van der Waals surface area contributed by atoms with Gasteiger partial charge in [-0.15, -0.1) is 0 Å². The number of methoxy groups -OCH3 is 1. The van der Waals surface area contributed by atoms with Crippen molar-refractivity contribution in [3.63, 3.8) is 0 Å². The van der Waals surface area contributed by atoms with Crippen LogP contribution in [0.1, 0.15) is 5.56 Å². The Labute approximate surface area is 209 Å². The third-order valence-electron chi connectivity index (χ3n) is 5.69. The lowest BCUT2D eigenvalue weighted by atomic mass is 10.0. The number of nitrogens with zero attached hydrogens (tertiary/aromatic N) is 3. The van der Waals surface area contributed by atoms with E-state index in [1.807, 2.05) is 0 Å². The molecule has 1 N–H and O–H groups in total. The second kappa shape index (κ2) is 9.13. The largest absolute Gasteiger partial charge is 0.495 e. The smallest absolute Gasteiger partial charge is 0.274 e. The van der Waals surface area contributed by atoms with Crippen molar-refractivity contribution in [3.05, 3.63) is 94.6 Å². The van der Waals surface area contributed by atoms with E-state index in [0.29, 0.717) is 11.1 Å². The normalized spacial score (nSPS) is 11.6. The standard InChI is InChI=1S/C25H18F2N4O5S/c1-14-9-15(3-5-18(14)26)17-11-23(35-2)22(12-19(17)27)31-21-6-4-16(10-20(21)28-13-25(31)32)37(33,34)30-24-7-8-36-29-24/h3-13H,1-2H3,(H,29,30). The van der Waals surface area contributed by atoms with Gasteiger partial charge < -0.3 is 9.26 Å². The molecule has 37 heavy (non-hydrogen) atoms. The molecule has 0 aliphatic rings. The maximum absolute atomic E-state index is 15.3. The first-order valence-corrected chi connectivity index (χ1v) is 12.3. The third-order valence-corrected chi connectivity index (χ3v) is 7.04. The lowest BCUT2D eigenvalue weighted by molar-refractivity contribution is 0.412. The van der Waals surface area contributed by atoms with E-state index in [1.165, 1.54) is 66.5 Å². The van der Waals surface area contributed by atoms with Gasteiger partial charge >= 0.3 is 0 Å². The zero-order valence-corrected chi connectivity index (χ0v) is 20.2. The molecule has 2 aromatic heterocycles. The molecular weight excluding hydrogens is 506 g/mol. The SMILES string of the molecule is COc1cc(-c2ccc(F)c(C)c2)c(F)cc1-n1c(=O)cnc2cc(S(=O)(=O)Nc3ccon3)ccc21. The van der Waals surface area contributed by atoms with Crippen molar-refractivity contribution in [3.8, 4) is 22.6 Å². The summed E-state index contributed by atoms with van der Waals surface area (Å²) in [5.41, 5.74) is 0.799. The summed E-state index contributed by atoms with van der Waals surface area (Å²) in [5, 5.41) is 3.53. The predicted octanol–water partition coefficient (Wildman–Crippen LogP) is 4.44. The van der Waals surface area contributed by atoms with Gasteiger partial charge in [0.1, 0.15) is 23.6 Å². The summed E-state index contributed by atoms with van der Waals surface area (Å²) in [5.74, 6) is -0.929. The molecule has 0 aliphatic carbocycles. The minimum atomic E-state index is -4.04. The topological polar surface area (TPSA) is 116 Å². The van der Waals surface area contributed by atoms with Crippen molar-refractivity contribution in [2.45, 2.75) is 11.8 Å². The Balaban J connectivity index is 1.64. The summed E-state index contributed by atoms with van der Waals surface area (Å²) in [7, 11) is -2.67. The molecule has 0 bridgehead atoms. The Bertz CT molecular complexity index is 1820. The summed E-state index contributed by atoms with van der Waals surface area (Å²) in [4.78, 5) is 16.8. The zero-order valence-electron chi connectivity index (χ0n) is 19.4. The van der Waals surface area contributed by atoms with E-state index in [4.69, 9.17) is 4.74 Å². The molecule has 0 fully saturated rings. The van der Waals surface area contributed by atoms with E-state index >= 15 is 4.39 Å². The van der Waals surface area contributed by atoms with Gasteiger partial charge in [0.15, 0.2) is 5.82 Å². The van der Waals surface area contributed by atoms with Crippen LogP contribution in [0.4, 0.5) is 14.6 Å². The molecule has 2 heterocycles. The van der Waals surface area contributed by atoms with E-state index < -0.39 is 27.2 Å². The number of fused-ring (bicyclic) bond motifs is 1. The summed E-state index contributed by atoms with van der Waals surface area (Å²) < 4.78 is 68.1. The zero-order chi connectivity index (χ0) is 26.3. The van der Waals surface area contributed by atoms with Gasteiger partial charge in [-0.1, -0.05) is 11.2 Å². The van der Waals surface area contributed by atoms with E-state index in [-0.39, 0.29) is 38.7 Å². The fraction of sp³-hybridized carbons (Fsp3) is 0.0800. The molecule has 9 nitrogen and oxygen atoms in total. The highest BCUT2D eigenvalue weighted by Gasteiger charge is 2.20. The first kappa shape index (κ1) is 24.1. The maximum atomic E-state index is 15.3. The average molecular weight is 525 g/mol. The van der Waals surface area contributed by atoms with Gasteiger partial charge in [0.25, 0.3) is 15.6 Å². The number of nitrogens with one attached hydrogen (secondary N) is 1. The number of rotatable bonds is 6. The van der Waals surface area contributed by atoms with Crippen LogP contribution in [0.5, 0.6) is 5.75 Å². The van der Waals surface area contributed by atoms with Crippen LogP contribution in [0.2, 0.25) is 0 Å². The number of aromatic nitrogens is 3. The van der Waals surface area contributed by atoms with Crippen molar-refractivity contribution >= 4 is 26.9 Å². The number of aryl methyl sites for hydroxylation is 1. The van der Waals surface area contributed by atoms with E-state index in [9.17, 15) is 17.6 Å². The minimum Gasteiger partial charge on any atom is -0.495 e. The molecule has 12 heteroatoms. The molecule has 0 saturated heterocycles. The fourth-order valence-corrected chi connectivity index (χ4v) is 4.90. The highest BCUT2D eigenvalue weighted by atomic mass is 32.2. The van der Waals surface area contributed by atoms with Crippen molar-refractivity contribution in [2.24, 2.45) is 0 Å². The summed E-state index contributed by atoms with van der Waals surface area (Å²) in [6.45, 7) is 1.57. The number of ether oxygens (including phenoxy) is 1. The molecule has 0 amide bonds. The van der Waals surface area contributed by atoms with Gasteiger partial charge in [0.05, 0.1) is 34.9 Å². The first-order valence-electron chi connectivity index (χ1n) is 10.8. The fourth-order valence-electron chi connectivity index (χ4n) is 3.89. The second-order valence-electron chi connectivity index (χ2n) is 8.04. The van der Waals surface area contributed by atoms with Crippen LogP contribution in [-0.4, -0.2) is 30.2 Å². The molecule has 0 unspecified atom stereocenters. The molecule has 188 valence electrons. The lowest BCUT2D eigenvalue weighted by Gasteiger charge is -2.16. The quantitative estimate of drug-likeness (QED) is 0.349. The van der Waals surface area contributed by atoms with Gasteiger partial charge in [0.2, 0.25) is 0 Å². The van der Waals surface area contributed by atoms with E-state index in [0.717, 1.165) is 12.3 Å². The summed E-state index contributed by atoms with van der Waals surface area (Å²) >= 11 is 0. The first-order chi connectivity index (χ1) is 17.7. The molecular formula is C25H18F2N4O5S. The Morgan fingerprint density at radius 1 is 1.03 bits per heavy atom. The third kappa shape index (κ3) is 4.42. The number of benzene rings is 3. The second-order valence-corrected chi connectivity index (χ2v) is 9.72. The average Bonchev–Trinajstić information content (AvgIpc) is 3.37. The van der Waals surface area contributed by atoms with Gasteiger partial charge in [0, 0.05) is 17.7 Å². The van der Waals surface area contributed by atoms with Crippen molar-refractivity contribution < 1.29 is 26.5 Å². The summed E-state index contributed by atoms with van der Waals surface area (Å²) in [6, 6.07) is 12.0. The Morgan fingerprint density at radius 2 is 1.84 bits per heavy atom. The van der Waals surface area contributed by atoms with E-state index in [2.05, 4.69) is 19.4 Å². The molecule has 5 aromatic rings. The van der Waals surface area contributed by atoms with E-state index in [1.54, 1.807) is 6.92 Å². The number of anilines is 1. The monoisotopic (exact) mass is 524 g/mol. The van der Waals surface area contributed by atoms with Gasteiger partial charge in [-0.3, -0.25) is 14.1 Å². The van der Waals surface area contributed by atoms with Crippen LogP contribution in [0.25, 0.3) is 27.8 Å². The predicted molar refractivity (Wildman–Crippen MR) is 131 cm³/mol. The summed E-state index contributed by atoms with van der Waals surface area (Å²) in [6.07, 6.45) is 2.21. The lowest BCUT2D eigenvalue weighted by Crippen LogP contribution is -2.20. The molecule has 3 aromatic carbocycles. The highest BCUT2D eigenvalue weighted by molar-refractivity contribution is 7.92. The number of hydrogen-bond donors (Lipinski definition) is 1. The molecule has 0 aliphatic heterocycles. The maximum Gasteiger partial charge on any atom is 0.274 e. The number of hydrogen-bond acceptors (Lipinski definition) is 7. The van der Waals surface area contributed by atoms with Crippen molar-refractivity contribution in [2.75, 3.05) is 11.8 Å². The Kier molecular flexibility index (Phi) is 5.96. The Hall–Kier alpha value is -4.58. The minimum absolute atomic E-state index is 0.00493. The molecule has 0 saturated carbocycles. The number of sulfonamides is 1. The highest BCUT2D eigenvalue weighted by Crippen LogP contribution is 2.34. The molecule has 0 radical (unpaired) electrons. The van der Waals surface area contributed by atoms with Gasteiger partial charge in [-0.05, 0) is 54.4 Å². The van der Waals surface area contributed by atoms with Crippen LogP contribution >= 0.6 is 0 Å². The van der Waals surface area contributed by atoms with Crippen LogP contribution in [0, 0.1) is 18.6 Å². The number of halogens is 2. The molecule has 0 spiro atoms. The van der Waals surface area contributed by atoms with Crippen LogP contribution in [0.3, 0.4) is 0 Å². The molecule has 5 rings (SSSR count). The van der Waals surface area contributed by atoms with Gasteiger partial charge in [-0.25, -0.2) is 22.2 Å². The van der Waals surface area contributed by atoms with Crippen molar-refractivity contribution in [1.82, 2.24) is 14.7 Å². The van der Waals surface area contributed by atoms with Crippen LogP contribution in [0.15, 0.2) is 81.3 Å². The van der Waals surface area contributed by atoms with Crippen LogP contribution in [-0.2, 0) is 10.0 Å².